The number of nitrogens with one attached hydrogen (secondary N) is 1. The van der Waals surface area contributed by atoms with Gasteiger partial charge in [-0.25, -0.2) is 0 Å². The van der Waals surface area contributed by atoms with Crippen LogP contribution in [0.2, 0.25) is 0 Å². The molecule has 1 saturated heterocycles. The summed E-state index contributed by atoms with van der Waals surface area (Å²) in [5.74, 6) is 3.92. The van der Waals surface area contributed by atoms with Crippen molar-refractivity contribution in [1.82, 2.24) is 9.88 Å². The van der Waals surface area contributed by atoms with E-state index in [-0.39, 0.29) is 5.41 Å². The SMILES string of the molecule is C[C@@H](CNc1oc(C23CC4CC(CC(C4)C2)C3)nc1C#N)N1CCOCC1. The molecule has 4 aliphatic carbocycles. The number of hydrogen-bond acceptors (Lipinski definition) is 6. The highest BCUT2D eigenvalue weighted by Crippen LogP contribution is 2.60. The molecule has 0 radical (unpaired) electrons. The molecular formula is C21H30N4O2. The molecule has 5 aliphatic rings. The van der Waals surface area contributed by atoms with Gasteiger partial charge in [-0.3, -0.25) is 4.90 Å². The summed E-state index contributed by atoms with van der Waals surface area (Å²) in [7, 11) is 0. The molecule has 27 heavy (non-hydrogen) atoms. The van der Waals surface area contributed by atoms with Gasteiger partial charge in [0, 0.05) is 31.1 Å². The maximum atomic E-state index is 9.59. The Morgan fingerprint density at radius 3 is 2.41 bits per heavy atom. The monoisotopic (exact) mass is 370 g/mol. The fourth-order valence-corrected chi connectivity index (χ4v) is 6.50. The minimum atomic E-state index is 0.0934. The lowest BCUT2D eigenvalue weighted by atomic mass is 9.49. The highest BCUT2D eigenvalue weighted by atomic mass is 16.5. The Balaban J connectivity index is 1.31. The number of oxazole rings is 1. The average molecular weight is 370 g/mol. The molecule has 4 bridgehead atoms. The van der Waals surface area contributed by atoms with Crippen molar-refractivity contribution in [2.24, 2.45) is 17.8 Å². The molecule has 146 valence electrons. The van der Waals surface area contributed by atoms with Crippen LogP contribution < -0.4 is 5.32 Å². The standard InChI is InChI=1S/C21H30N4O2/c1-14(25-2-4-26-5-3-25)13-23-19-18(12-22)24-20(27-19)21-9-15-6-16(10-21)8-17(7-15)11-21/h14-17,23H,2-11,13H2,1H3/t14-,15?,16?,17?,21?/m0/s1. The molecule has 1 aromatic heterocycles. The van der Waals surface area contributed by atoms with Crippen LogP contribution in [0.3, 0.4) is 0 Å². The molecule has 6 heteroatoms. The fourth-order valence-electron chi connectivity index (χ4n) is 6.50. The summed E-state index contributed by atoms with van der Waals surface area (Å²) in [6.45, 7) is 6.48. The third kappa shape index (κ3) is 3.15. The molecule has 4 saturated carbocycles. The molecule has 0 unspecified atom stereocenters. The van der Waals surface area contributed by atoms with Crippen molar-refractivity contribution < 1.29 is 9.15 Å². The minimum Gasteiger partial charge on any atom is -0.423 e. The van der Waals surface area contributed by atoms with Crippen molar-refractivity contribution in [3.8, 4) is 6.07 Å². The van der Waals surface area contributed by atoms with Crippen LogP contribution in [0.4, 0.5) is 5.88 Å². The average Bonchev–Trinajstić information content (AvgIpc) is 3.10. The predicted molar refractivity (Wildman–Crippen MR) is 101 cm³/mol. The van der Waals surface area contributed by atoms with E-state index in [1.807, 2.05) is 0 Å². The normalized spacial score (nSPS) is 36.5. The summed E-state index contributed by atoms with van der Waals surface area (Å²) in [5, 5.41) is 13.0. The second kappa shape index (κ2) is 6.79. The molecule has 1 aromatic rings. The van der Waals surface area contributed by atoms with E-state index in [1.165, 1.54) is 38.5 Å². The van der Waals surface area contributed by atoms with Gasteiger partial charge >= 0.3 is 0 Å². The van der Waals surface area contributed by atoms with Crippen molar-refractivity contribution in [1.29, 1.82) is 5.26 Å². The number of anilines is 1. The number of aromatic nitrogens is 1. The Morgan fingerprint density at radius 1 is 1.19 bits per heavy atom. The summed E-state index contributed by atoms with van der Waals surface area (Å²) in [6, 6.07) is 2.62. The first kappa shape index (κ1) is 17.5. The van der Waals surface area contributed by atoms with E-state index in [2.05, 4.69) is 28.2 Å². The van der Waals surface area contributed by atoms with Gasteiger partial charge in [-0.05, 0) is 63.2 Å². The van der Waals surface area contributed by atoms with Crippen molar-refractivity contribution >= 4 is 5.88 Å². The Labute approximate surface area is 161 Å². The van der Waals surface area contributed by atoms with E-state index in [1.54, 1.807) is 0 Å². The number of morpholine rings is 1. The summed E-state index contributed by atoms with van der Waals surface area (Å²) < 4.78 is 11.7. The summed E-state index contributed by atoms with van der Waals surface area (Å²) >= 11 is 0. The first-order chi connectivity index (χ1) is 13.1. The Bertz CT molecular complexity index is 696. The lowest BCUT2D eigenvalue weighted by Gasteiger charge is -2.55. The molecule has 0 spiro atoms. The first-order valence-electron chi connectivity index (χ1n) is 10.6. The van der Waals surface area contributed by atoms with E-state index >= 15 is 0 Å². The van der Waals surface area contributed by atoms with Crippen LogP contribution in [0.25, 0.3) is 0 Å². The maximum Gasteiger partial charge on any atom is 0.232 e. The predicted octanol–water partition coefficient (Wildman–Crippen LogP) is 3.15. The zero-order valence-corrected chi connectivity index (χ0v) is 16.2. The highest BCUT2D eigenvalue weighted by molar-refractivity contribution is 5.46. The van der Waals surface area contributed by atoms with Crippen LogP contribution in [0.5, 0.6) is 0 Å². The van der Waals surface area contributed by atoms with Gasteiger partial charge in [0.2, 0.25) is 17.5 Å². The highest BCUT2D eigenvalue weighted by Gasteiger charge is 2.54. The quantitative estimate of drug-likeness (QED) is 0.858. The largest absolute Gasteiger partial charge is 0.423 e. The van der Waals surface area contributed by atoms with E-state index in [4.69, 9.17) is 9.15 Å². The fraction of sp³-hybridized carbons (Fsp3) is 0.810. The molecule has 1 N–H and O–H groups in total. The zero-order valence-electron chi connectivity index (χ0n) is 16.2. The van der Waals surface area contributed by atoms with Crippen LogP contribution in [-0.4, -0.2) is 48.8 Å². The van der Waals surface area contributed by atoms with E-state index in [9.17, 15) is 5.26 Å². The van der Waals surface area contributed by atoms with Crippen molar-refractivity contribution in [2.45, 2.75) is 56.9 Å². The Hall–Kier alpha value is -1.58. The zero-order chi connectivity index (χ0) is 18.4. The van der Waals surface area contributed by atoms with Crippen molar-refractivity contribution in [3.05, 3.63) is 11.6 Å². The molecule has 6 nitrogen and oxygen atoms in total. The van der Waals surface area contributed by atoms with Gasteiger partial charge in [-0.1, -0.05) is 0 Å². The Kier molecular flexibility index (Phi) is 4.40. The smallest absolute Gasteiger partial charge is 0.232 e. The van der Waals surface area contributed by atoms with Crippen molar-refractivity contribution in [2.75, 3.05) is 38.2 Å². The Morgan fingerprint density at radius 2 is 1.81 bits per heavy atom. The number of rotatable bonds is 5. The van der Waals surface area contributed by atoms with Crippen molar-refractivity contribution in [3.63, 3.8) is 0 Å². The van der Waals surface area contributed by atoms with Gasteiger partial charge in [0.05, 0.1) is 13.2 Å². The van der Waals surface area contributed by atoms with Crippen LogP contribution in [0.1, 0.15) is 57.0 Å². The van der Waals surface area contributed by atoms with Gasteiger partial charge < -0.3 is 14.5 Å². The number of hydrogen-bond donors (Lipinski definition) is 1. The van der Waals surface area contributed by atoms with E-state index in [0.717, 1.165) is 56.5 Å². The number of nitrogens with zero attached hydrogens (tertiary/aromatic N) is 3. The molecule has 2 heterocycles. The van der Waals surface area contributed by atoms with Gasteiger partial charge in [0.15, 0.2) is 0 Å². The lowest BCUT2D eigenvalue weighted by molar-refractivity contribution is -0.0174. The molecule has 6 rings (SSSR count). The summed E-state index contributed by atoms with van der Waals surface area (Å²) in [5.41, 5.74) is 0.519. The van der Waals surface area contributed by atoms with Gasteiger partial charge in [-0.2, -0.15) is 10.2 Å². The summed E-state index contributed by atoms with van der Waals surface area (Å²) in [6.07, 6.45) is 7.80. The minimum absolute atomic E-state index is 0.0934. The second-order valence-corrected chi connectivity index (χ2v) is 9.38. The summed E-state index contributed by atoms with van der Waals surface area (Å²) in [4.78, 5) is 7.10. The van der Waals surface area contributed by atoms with E-state index in [0.29, 0.717) is 17.6 Å². The third-order valence-corrected chi connectivity index (χ3v) is 7.45. The van der Waals surface area contributed by atoms with Gasteiger partial charge in [0.1, 0.15) is 6.07 Å². The van der Waals surface area contributed by atoms with Crippen LogP contribution in [-0.2, 0) is 10.2 Å². The molecular weight excluding hydrogens is 340 g/mol. The van der Waals surface area contributed by atoms with Gasteiger partial charge in [0.25, 0.3) is 0 Å². The molecule has 0 amide bonds. The van der Waals surface area contributed by atoms with Crippen LogP contribution in [0, 0.1) is 29.1 Å². The third-order valence-electron chi connectivity index (χ3n) is 7.45. The molecule has 0 aromatic carbocycles. The topological polar surface area (TPSA) is 74.3 Å². The first-order valence-corrected chi connectivity index (χ1v) is 10.6. The van der Waals surface area contributed by atoms with Crippen LogP contribution in [0.15, 0.2) is 4.42 Å². The molecule has 1 aliphatic heterocycles. The number of ether oxygens (including phenoxy) is 1. The van der Waals surface area contributed by atoms with Gasteiger partial charge in [-0.15, -0.1) is 0 Å². The molecule has 5 fully saturated rings. The lowest BCUT2D eigenvalue weighted by Crippen LogP contribution is -2.48. The van der Waals surface area contributed by atoms with Crippen LogP contribution >= 0.6 is 0 Å². The molecule has 1 atom stereocenters. The second-order valence-electron chi connectivity index (χ2n) is 9.38. The maximum absolute atomic E-state index is 9.59. The van der Waals surface area contributed by atoms with E-state index < -0.39 is 0 Å². The number of nitriles is 1.